The molecule has 0 saturated heterocycles. The van der Waals surface area contributed by atoms with Gasteiger partial charge in [0.2, 0.25) is 5.91 Å². The molecule has 1 amide bonds. The van der Waals surface area contributed by atoms with E-state index in [2.05, 4.69) is 15.8 Å². The Bertz CT molecular complexity index is 293. The Morgan fingerprint density at radius 3 is 2.86 bits per heavy atom. The fraction of sp³-hybridized carbons (Fsp3) is 0.556. The predicted octanol–water partition coefficient (Wildman–Crippen LogP) is 0.289. The first-order chi connectivity index (χ1) is 6.56. The van der Waals surface area contributed by atoms with Crippen molar-refractivity contribution in [1.82, 2.24) is 15.8 Å². The summed E-state index contributed by atoms with van der Waals surface area (Å²) in [4.78, 5) is 11.6. The Morgan fingerprint density at radius 1 is 1.64 bits per heavy atom. The molecule has 78 valence electrons. The maximum atomic E-state index is 11.6. The minimum absolute atomic E-state index is 0.0728. The maximum absolute atomic E-state index is 11.6. The molecule has 14 heavy (non-hydrogen) atoms. The molecule has 0 aliphatic heterocycles. The zero-order valence-corrected chi connectivity index (χ0v) is 8.63. The molecule has 5 heteroatoms. The number of hydrogen-bond acceptors (Lipinski definition) is 4. The second-order valence-corrected chi connectivity index (χ2v) is 3.54. The monoisotopic (exact) mass is 197 g/mol. The van der Waals surface area contributed by atoms with E-state index in [0.29, 0.717) is 12.3 Å². The number of rotatable bonds is 4. The van der Waals surface area contributed by atoms with Gasteiger partial charge in [-0.1, -0.05) is 5.16 Å². The number of likely N-dealkylation sites (N-methyl/N-ethyl adjacent to an activating group) is 1. The molecule has 0 aliphatic carbocycles. The molecule has 0 saturated carbocycles. The van der Waals surface area contributed by atoms with Crippen LogP contribution in [0.15, 0.2) is 16.8 Å². The highest BCUT2D eigenvalue weighted by Crippen LogP contribution is 2.02. The van der Waals surface area contributed by atoms with Gasteiger partial charge in [0.25, 0.3) is 0 Å². The summed E-state index contributed by atoms with van der Waals surface area (Å²) >= 11 is 0. The number of amides is 1. The highest BCUT2D eigenvalue weighted by molar-refractivity contribution is 5.85. The molecule has 5 nitrogen and oxygen atoms in total. The highest BCUT2D eigenvalue weighted by Gasteiger charge is 2.24. The molecule has 0 fully saturated rings. The van der Waals surface area contributed by atoms with Gasteiger partial charge in [0.15, 0.2) is 5.76 Å². The van der Waals surface area contributed by atoms with E-state index in [1.165, 1.54) is 0 Å². The van der Waals surface area contributed by atoms with Crippen LogP contribution in [0.4, 0.5) is 0 Å². The van der Waals surface area contributed by atoms with E-state index < -0.39 is 5.54 Å². The van der Waals surface area contributed by atoms with Crippen LogP contribution in [0.3, 0.4) is 0 Å². The van der Waals surface area contributed by atoms with Gasteiger partial charge in [-0.25, -0.2) is 0 Å². The number of nitrogens with zero attached hydrogens (tertiary/aromatic N) is 1. The van der Waals surface area contributed by atoms with Gasteiger partial charge in [-0.15, -0.1) is 0 Å². The zero-order chi connectivity index (χ0) is 10.6. The van der Waals surface area contributed by atoms with Gasteiger partial charge in [0, 0.05) is 6.07 Å². The fourth-order valence-electron chi connectivity index (χ4n) is 0.835. The van der Waals surface area contributed by atoms with Crippen molar-refractivity contribution >= 4 is 5.91 Å². The summed E-state index contributed by atoms with van der Waals surface area (Å²) in [5, 5.41) is 9.19. The van der Waals surface area contributed by atoms with Crippen molar-refractivity contribution in [3.8, 4) is 0 Å². The number of hydrogen-bond donors (Lipinski definition) is 2. The maximum Gasteiger partial charge on any atom is 0.240 e. The quantitative estimate of drug-likeness (QED) is 0.728. The number of aromatic nitrogens is 1. The lowest BCUT2D eigenvalue weighted by molar-refractivity contribution is -0.126. The molecule has 1 aromatic heterocycles. The Hall–Kier alpha value is -1.36. The van der Waals surface area contributed by atoms with Crippen LogP contribution in [0.2, 0.25) is 0 Å². The average molecular weight is 197 g/mol. The lowest BCUT2D eigenvalue weighted by Gasteiger charge is -2.22. The SMILES string of the molecule is CNC(C)(C)C(=O)NCc1ccno1. The Morgan fingerprint density at radius 2 is 2.36 bits per heavy atom. The first kappa shape index (κ1) is 10.7. The topological polar surface area (TPSA) is 67.2 Å². The van der Waals surface area contributed by atoms with Crippen LogP contribution in [0, 0.1) is 0 Å². The van der Waals surface area contributed by atoms with Crippen molar-refractivity contribution in [3.05, 3.63) is 18.0 Å². The molecule has 0 radical (unpaired) electrons. The predicted molar refractivity (Wildman–Crippen MR) is 51.5 cm³/mol. The Balaban J connectivity index is 2.43. The zero-order valence-electron chi connectivity index (χ0n) is 8.63. The van der Waals surface area contributed by atoms with E-state index in [9.17, 15) is 4.79 Å². The summed E-state index contributed by atoms with van der Waals surface area (Å²) in [6.45, 7) is 3.98. The van der Waals surface area contributed by atoms with Crippen LogP contribution < -0.4 is 10.6 Å². The molecule has 1 rings (SSSR count). The van der Waals surface area contributed by atoms with Crippen LogP contribution in [-0.2, 0) is 11.3 Å². The number of nitrogens with one attached hydrogen (secondary N) is 2. The summed E-state index contributed by atoms with van der Waals surface area (Å²) in [5.74, 6) is 0.571. The molecule has 0 unspecified atom stereocenters. The van der Waals surface area contributed by atoms with Crippen LogP contribution in [-0.4, -0.2) is 23.7 Å². The highest BCUT2D eigenvalue weighted by atomic mass is 16.5. The van der Waals surface area contributed by atoms with Gasteiger partial charge in [-0.2, -0.15) is 0 Å². The summed E-state index contributed by atoms with van der Waals surface area (Å²) < 4.78 is 4.85. The van der Waals surface area contributed by atoms with E-state index >= 15 is 0 Å². The van der Waals surface area contributed by atoms with Crippen molar-refractivity contribution < 1.29 is 9.32 Å². The molecule has 0 spiro atoms. The van der Waals surface area contributed by atoms with Gasteiger partial charge < -0.3 is 15.2 Å². The molecule has 2 N–H and O–H groups in total. The first-order valence-electron chi connectivity index (χ1n) is 4.43. The lowest BCUT2D eigenvalue weighted by Crippen LogP contribution is -2.50. The second kappa shape index (κ2) is 4.23. The van der Waals surface area contributed by atoms with Gasteiger partial charge in [0.1, 0.15) is 0 Å². The van der Waals surface area contributed by atoms with E-state index in [1.807, 2.05) is 13.8 Å². The molecule has 0 aliphatic rings. The minimum atomic E-state index is -0.569. The van der Waals surface area contributed by atoms with E-state index in [4.69, 9.17) is 4.52 Å². The van der Waals surface area contributed by atoms with E-state index in [1.54, 1.807) is 19.3 Å². The van der Waals surface area contributed by atoms with Gasteiger partial charge in [0.05, 0.1) is 18.3 Å². The van der Waals surface area contributed by atoms with Crippen molar-refractivity contribution in [2.24, 2.45) is 0 Å². The second-order valence-electron chi connectivity index (χ2n) is 3.54. The van der Waals surface area contributed by atoms with Crippen molar-refractivity contribution in [3.63, 3.8) is 0 Å². The molecule has 1 heterocycles. The summed E-state index contributed by atoms with van der Waals surface area (Å²) in [5.41, 5.74) is -0.569. The average Bonchev–Trinajstić information content (AvgIpc) is 2.66. The standard InChI is InChI=1S/C9H15N3O2/c1-9(2,10-3)8(13)11-6-7-4-5-12-14-7/h4-5,10H,6H2,1-3H3,(H,11,13). The Kier molecular flexibility index (Phi) is 3.24. The summed E-state index contributed by atoms with van der Waals surface area (Å²) in [6.07, 6.45) is 1.55. The lowest BCUT2D eigenvalue weighted by atomic mass is 10.1. The molecular formula is C9H15N3O2. The van der Waals surface area contributed by atoms with Crippen molar-refractivity contribution in [1.29, 1.82) is 0 Å². The summed E-state index contributed by atoms with van der Waals surface area (Å²) in [7, 11) is 1.74. The first-order valence-corrected chi connectivity index (χ1v) is 4.43. The van der Waals surface area contributed by atoms with Crippen LogP contribution >= 0.6 is 0 Å². The largest absolute Gasteiger partial charge is 0.360 e. The minimum Gasteiger partial charge on any atom is -0.360 e. The molecule has 0 atom stereocenters. The number of carbonyl (C=O) groups is 1. The third-order valence-corrected chi connectivity index (χ3v) is 2.11. The van der Waals surface area contributed by atoms with Gasteiger partial charge >= 0.3 is 0 Å². The molecule has 1 aromatic rings. The molecule has 0 aromatic carbocycles. The smallest absolute Gasteiger partial charge is 0.240 e. The normalized spacial score (nSPS) is 11.4. The van der Waals surface area contributed by atoms with Crippen LogP contribution in [0.25, 0.3) is 0 Å². The van der Waals surface area contributed by atoms with Gasteiger partial charge in [-0.3, -0.25) is 4.79 Å². The van der Waals surface area contributed by atoms with Crippen LogP contribution in [0.5, 0.6) is 0 Å². The Labute approximate surface area is 82.8 Å². The fourth-order valence-corrected chi connectivity index (χ4v) is 0.835. The third kappa shape index (κ3) is 2.56. The van der Waals surface area contributed by atoms with Gasteiger partial charge in [-0.05, 0) is 20.9 Å². The van der Waals surface area contributed by atoms with Crippen molar-refractivity contribution in [2.45, 2.75) is 25.9 Å². The van der Waals surface area contributed by atoms with E-state index in [0.717, 1.165) is 0 Å². The van der Waals surface area contributed by atoms with Crippen molar-refractivity contribution in [2.75, 3.05) is 7.05 Å². The molecular weight excluding hydrogens is 182 g/mol. The molecule has 0 bridgehead atoms. The van der Waals surface area contributed by atoms with E-state index in [-0.39, 0.29) is 5.91 Å². The number of carbonyl (C=O) groups excluding carboxylic acids is 1. The third-order valence-electron chi connectivity index (χ3n) is 2.11. The summed E-state index contributed by atoms with van der Waals surface area (Å²) in [6, 6.07) is 1.71. The van der Waals surface area contributed by atoms with Crippen LogP contribution in [0.1, 0.15) is 19.6 Å².